The van der Waals surface area contributed by atoms with Crippen LogP contribution in [-0.4, -0.2) is 41.7 Å². The molecule has 0 saturated carbocycles. The fourth-order valence-corrected chi connectivity index (χ4v) is 12.8. The summed E-state index contributed by atoms with van der Waals surface area (Å²) in [7, 11) is -7.80. The summed E-state index contributed by atoms with van der Waals surface area (Å²) in [5.41, 5.74) is 11.5. The van der Waals surface area contributed by atoms with Gasteiger partial charge in [0.15, 0.2) is 5.78 Å². The van der Waals surface area contributed by atoms with Gasteiger partial charge >= 0.3 is 0 Å². The minimum atomic E-state index is -3.96. The van der Waals surface area contributed by atoms with Gasteiger partial charge in [0.1, 0.15) is 0 Å². The minimum Gasteiger partial charge on any atom is -0.378 e. The van der Waals surface area contributed by atoms with E-state index in [1.165, 1.54) is 0 Å². The van der Waals surface area contributed by atoms with Crippen molar-refractivity contribution >= 4 is 60.2 Å². The number of ketones is 1. The monoisotopic (exact) mass is 993 g/mol. The van der Waals surface area contributed by atoms with E-state index in [1.807, 2.05) is 107 Å². The van der Waals surface area contributed by atoms with Crippen LogP contribution >= 0.6 is 0 Å². The SMILES string of the molecule is Cc1ccc(NS(=O)(=O)c2ccc3c(c2)C2OCCC2C(c2ccc(NC(=O)CCc4ccc(NS(=O)(=O)c5ccc6c(c5)[C@@H]5OCCC5C(c5ccc(C(=O)C(C)C)cc5)N6)cc4C)cc2)N3)cc1C. The van der Waals surface area contributed by atoms with Gasteiger partial charge in [-0.1, -0.05) is 62.4 Å². The van der Waals surface area contributed by atoms with Crippen molar-refractivity contribution in [2.75, 3.05) is 38.6 Å². The predicted octanol–water partition coefficient (Wildman–Crippen LogP) is 11.1. The number of nitrogens with one attached hydrogen (secondary N) is 5. The molecule has 15 heteroatoms. The normalized spacial score (nSPS) is 21.2. The highest BCUT2D eigenvalue weighted by Crippen LogP contribution is 2.52. The van der Waals surface area contributed by atoms with E-state index in [-0.39, 0.29) is 69.9 Å². The summed E-state index contributed by atoms with van der Waals surface area (Å²) in [5.74, 6) is 0.0342. The molecular formula is C56H59N5O8S2. The van der Waals surface area contributed by atoms with Gasteiger partial charge in [-0.15, -0.1) is 0 Å². The summed E-state index contributed by atoms with van der Waals surface area (Å²) in [6.07, 6.45) is 1.75. The average Bonchev–Trinajstić information content (AvgIpc) is 4.06. The fourth-order valence-electron chi connectivity index (χ4n) is 10.6. The molecule has 71 heavy (non-hydrogen) atoms. The first kappa shape index (κ1) is 48.1. The first-order valence-corrected chi connectivity index (χ1v) is 27.3. The van der Waals surface area contributed by atoms with Crippen LogP contribution in [0, 0.1) is 38.5 Å². The van der Waals surface area contributed by atoms with Crippen molar-refractivity contribution in [3.63, 3.8) is 0 Å². The number of hydrogen-bond acceptors (Lipinski definition) is 10. The third-order valence-electron chi connectivity index (χ3n) is 14.6. The summed E-state index contributed by atoms with van der Waals surface area (Å²) in [6, 6.07) is 36.5. The topological polar surface area (TPSA) is 181 Å². The number of Topliss-reactive ketones (excluding diaryl/α,β-unsaturated/α-hetero) is 1. The number of sulfonamides is 2. The van der Waals surface area contributed by atoms with Crippen LogP contribution in [0.5, 0.6) is 0 Å². The first-order valence-electron chi connectivity index (χ1n) is 24.3. The molecule has 4 aliphatic heterocycles. The van der Waals surface area contributed by atoms with E-state index in [1.54, 1.807) is 48.5 Å². The van der Waals surface area contributed by atoms with Crippen LogP contribution in [0.15, 0.2) is 131 Å². The number of fused-ring (bicyclic) bond motifs is 6. The van der Waals surface area contributed by atoms with Gasteiger partial charge in [0, 0.05) is 82.5 Å². The number of hydrogen-bond donors (Lipinski definition) is 5. The molecule has 0 bridgehead atoms. The largest absolute Gasteiger partial charge is 0.378 e. The minimum absolute atomic E-state index is 0.0496. The molecule has 4 heterocycles. The first-order chi connectivity index (χ1) is 34.0. The van der Waals surface area contributed by atoms with E-state index in [2.05, 4.69) is 25.4 Å². The van der Waals surface area contributed by atoms with Crippen LogP contribution in [0.4, 0.5) is 28.4 Å². The summed E-state index contributed by atoms with van der Waals surface area (Å²) in [5, 5.41) is 10.3. The Hall–Kier alpha value is -6.52. The maximum atomic E-state index is 13.8. The van der Waals surface area contributed by atoms with Crippen molar-refractivity contribution in [1.82, 2.24) is 0 Å². The molecule has 6 aromatic rings. The van der Waals surface area contributed by atoms with Crippen molar-refractivity contribution < 1.29 is 35.9 Å². The maximum absolute atomic E-state index is 13.8. The number of rotatable bonds is 14. The van der Waals surface area contributed by atoms with Crippen LogP contribution < -0.4 is 25.4 Å². The van der Waals surface area contributed by atoms with Crippen LogP contribution in [0.2, 0.25) is 0 Å². The van der Waals surface area contributed by atoms with E-state index in [9.17, 15) is 26.4 Å². The summed E-state index contributed by atoms with van der Waals surface area (Å²) in [6.45, 7) is 10.8. The second-order valence-electron chi connectivity index (χ2n) is 19.7. The Balaban J connectivity index is 0.743. The van der Waals surface area contributed by atoms with Crippen LogP contribution in [0.3, 0.4) is 0 Å². The molecule has 5 unspecified atom stereocenters. The average molecular weight is 994 g/mol. The van der Waals surface area contributed by atoms with Crippen molar-refractivity contribution in [3.05, 3.63) is 171 Å². The molecule has 0 aliphatic carbocycles. The lowest BCUT2D eigenvalue weighted by atomic mass is 9.81. The molecule has 0 spiro atoms. The van der Waals surface area contributed by atoms with Crippen molar-refractivity contribution in [2.24, 2.45) is 17.8 Å². The molecule has 2 fully saturated rings. The molecule has 10 rings (SSSR count). The zero-order valence-corrected chi connectivity index (χ0v) is 42.0. The quantitative estimate of drug-likeness (QED) is 0.0659. The Bertz CT molecular complexity index is 3270. The summed E-state index contributed by atoms with van der Waals surface area (Å²) < 4.78 is 72.5. The summed E-state index contributed by atoms with van der Waals surface area (Å²) >= 11 is 0. The molecule has 368 valence electrons. The number of aryl methyl sites for hydroxylation is 4. The zero-order valence-electron chi connectivity index (χ0n) is 40.4. The van der Waals surface area contributed by atoms with Crippen LogP contribution in [-0.2, 0) is 40.7 Å². The predicted molar refractivity (Wildman–Crippen MR) is 277 cm³/mol. The number of benzene rings is 6. The van der Waals surface area contributed by atoms with E-state index in [0.29, 0.717) is 42.3 Å². The smallest absolute Gasteiger partial charge is 0.261 e. The van der Waals surface area contributed by atoms with Crippen LogP contribution in [0.25, 0.3) is 0 Å². The fraction of sp³-hybridized carbons (Fsp3) is 0.321. The van der Waals surface area contributed by atoms with Gasteiger partial charge < -0.3 is 25.4 Å². The second-order valence-corrected chi connectivity index (χ2v) is 23.1. The lowest BCUT2D eigenvalue weighted by molar-refractivity contribution is -0.116. The molecule has 5 N–H and O–H groups in total. The molecule has 6 aromatic carbocycles. The van der Waals surface area contributed by atoms with E-state index in [0.717, 1.165) is 68.7 Å². The van der Waals surface area contributed by atoms with Gasteiger partial charge in [0.05, 0.1) is 34.1 Å². The van der Waals surface area contributed by atoms with Gasteiger partial charge in [-0.3, -0.25) is 19.0 Å². The number of carbonyl (C=O) groups is 2. The highest BCUT2D eigenvalue weighted by Gasteiger charge is 2.43. The van der Waals surface area contributed by atoms with E-state index < -0.39 is 20.0 Å². The molecule has 13 nitrogen and oxygen atoms in total. The lowest BCUT2D eigenvalue weighted by Crippen LogP contribution is -2.29. The highest BCUT2D eigenvalue weighted by atomic mass is 32.2. The number of carbonyl (C=O) groups excluding carboxylic acids is 2. The number of anilines is 5. The van der Waals surface area contributed by atoms with E-state index in [4.69, 9.17) is 9.47 Å². The molecule has 0 radical (unpaired) electrons. The Morgan fingerprint density at radius 3 is 1.59 bits per heavy atom. The standard InChI is InChI=1S/C56H59N5O8S2/c1-32(2)54(63)39-9-7-37(8-10-39)52-45-24-26-68-55(45)47-31-44(20-21-49(47)58-52)71(66,67)61-42-18-11-36(35(5)29-42)14-23-51(62)57-40-16-12-38(13-17-40)53-46-25-27-69-56(46)48-30-43(19-22-50(48)59-53)70(64,65)60-41-15-6-33(3)34(4)28-41/h6-13,15-22,28-32,45-46,52-53,55-56,58-61H,14,23-27H2,1-5H3,(H,57,62)/t45?,46?,52?,53?,55-,56?/m1/s1. The summed E-state index contributed by atoms with van der Waals surface area (Å²) in [4.78, 5) is 26.1. The Labute approximate surface area is 416 Å². The third kappa shape index (κ3) is 9.80. The zero-order chi connectivity index (χ0) is 49.8. The van der Waals surface area contributed by atoms with Crippen LogP contribution in [0.1, 0.15) is 112 Å². The van der Waals surface area contributed by atoms with Gasteiger partial charge in [0.25, 0.3) is 20.0 Å². The second kappa shape index (κ2) is 19.2. The Morgan fingerprint density at radius 1 is 0.592 bits per heavy atom. The molecule has 4 aliphatic rings. The van der Waals surface area contributed by atoms with Crippen molar-refractivity contribution in [1.29, 1.82) is 0 Å². The van der Waals surface area contributed by atoms with Gasteiger partial charge in [-0.25, -0.2) is 16.8 Å². The Morgan fingerprint density at radius 2 is 1.08 bits per heavy atom. The van der Waals surface area contributed by atoms with Gasteiger partial charge in [0.2, 0.25) is 5.91 Å². The van der Waals surface area contributed by atoms with Crippen molar-refractivity contribution in [2.45, 2.75) is 94.4 Å². The number of ether oxygens (including phenoxy) is 2. The molecule has 2 saturated heterocycles. The molecule has 1 amide bonds. The molecule has 6 atom stereocenters. The van der Waals surface area contributed by atoms with Crippen molar-refractivity contribution in [3.8, 4) is 0 Å². The van der Waals surface area contributed by atoms with Gasteiger partial charge in [-0.05, 0) is 146 Å². The third-order valence-corrected chi connectivity index (χ3v) is 17.4. The Kier molecular flexibility index (Phi) is 13.0. The molecule has 0 aromatic heterocycles. The lowest BCUT2D eigenvalue weighted by Gasteiger charge is -2.36. The number of amides is 1. The van der Waals surface area contributed by atoms with Gasteiger partial charge in [-0.2, -0.15) is 0 Å². The maximum Gasteiger partial charge on any atom is 0.261 e. The highest BCUT2D eigenvalue weighted by molar-refractivity contribution is 7.93. The molecular weight excluding hydrogens is 935 g/mol. The van der Waals surface area contributed by atoms with E-state index >= 15 is 0 Å².